The highest BCUT2D eigenvalue weighted by Gasteiger charge is 2.10. The molecule has 2 aromatic rings. The zero-order valence-electron chi connectivity index (χ0n) is 10.2. The molecule has 0 fully saturated rings. The van der Waals surface area contributed by atoms with E-state index in [4.69, 9.17) is 12.2 Å². The number of anilines is 1. The first kappa shape index (κ1) is 15.4. The Morgan fingerprint density at radius 1 is 1.15 bits per heavy atom. The minimum absolute atomic E-state index is 0.220. The van der Waals surface area contributed by atoms with Gasteiger partial charge in [0.25, 0.3) is 5.91 Å². The summed E-state index contributed by atoms with van der Waals surface area (Å²) in [6.07, 6.45) is 0. The first-order chi connectivity index (χ1) is 9.56. The van der Waals surface area contributed by atoms with E-state index in [-0.39, 0.29) is 11.0 Å². The Morgan fingerprint density at radius 2 is 1.90 bits per heavy atom. The van der Waals surface area contributed by atoms with Crippen molar-refractivity contribution in [3.63, 3.8) is 0 Å². The van der Waals surface area contributed by atoms with Gasteiger partial charge in [0, 0.05) is 13.7 Å². The topological polar surface area (TPSA) is 41.1 Å². The maximum atomic E-state index is 12.1. The molecule has 0 saturated carbocycles. The van der Waals surface area contributed by atoms with Crippen LogP contribution in [0.1, 0.15) is 10.4 Å². The number of carbonyl (C=O) groups is 1. The number of hydrogen-bond donors (Lipinski definition) is 2. The van der Waals surface area contributed by atoms with E-state index < -0.39 is 0 Å². The summed E-state index contributed by atoms with van der Waals surface area (Å²) in [5.41, 5.74) is 1.42. The van der Waals surface area contributed by atoms with Gasteiger partial charge in [-0.2, -0.15) is 0 Å². The molecule has 2 rings (SSSR count). The molecule has 2 aromatic carbocycles. The SMILES string of the molecule is O=C(NC(=S)Nc1cccc(Br)c1)c1ccccc1I. The smallest absolute Gasteiger partial charge is 0.258 e. The van der Waals surface area contributed by atoms with Crippen molar-refractivity contribution in [1.82, 2.24) is 5.32 Å². The maximum Gasteiger partial charge on any atom is 0.258 e. The molecule has 6 heteroatoms. The molecule has 0 aromatic heterocycles. The normalized spacial score (nSPS) is 9.90. The van der Waals surface area contributed by atoms with Gasteiger partial charge in [-0.25, -0.2) is 0 Å². The molecule has 0 unspecified atom stereocenters. The van der Waals surface area contributed by atoms with Crippen molar-refractivity contribution in [3.05, 3.63) is 62.1 Å². The summed E-state index contributed by atoms with van der Waals surface area (Å²) >= 11 is 10.6. The lowest BCUT2D eigenvalue weighted by Crippen LogP contribution is -2.34. The largest absolute Gasteiger partial charge is 0.332 e. The van der Waals surface area contributed by atoms with Crippen LogP contribution in [0.15, 0.2) is 53.0 Å². The average Bonchev–Trinajstić information content (AvgIpc) is 2.38. The van der Waals surface area contributed by atoms with Gasteiger partial charge in [0.05, 0.1) is 5.56 Å². The predicted molar refractivity (Wildman–Crippen MR) is 97.0 cm³/mol. The van der Waals surface area contributed by atoms with E-state index in [0.29, 0.717) is 5.56 Å². The van der Waals surface area contributed by atoms with Crippen LogP contribution in [0.2, 0.25) is 0 Å². The van der Waals surface area contributed by atoms with Gasteiger partial charge in [-0.1, -0.05) is 34.1 Å². The Hall–Kier alpha value is -0.990. The summed E-state index contributed by atoms with van der Waals surface area (Å²) in [5, 5.41) is 5.91. The fourth-order valence-electron chi connectivity index (χ4n) is 1.54. The van der Waals surface area contributed by atoms with Crippen LogP contribution in [0.3, 0.4) is 0 Å². The number of hydrogen-bond acceptors (Lipinski definition) is 2. The molecule has 0 bridgehead atoms. The molecule has 0 aliphatic carbocycles. The van der Waals surface area contributed by atoms with Crippen molar-refractivity contribution < 1.29 is 4.79 Å². The summed E-state index contributed by atoms with van der Waals surface area (Å²) in [7, 11) is 0. The first-order valence-corrected chi connectivity index (χ1v) is 7.96. The molecule has 0 aliphatic rings. The number of thiocarbonyl (C=S) groups is 1. The molecule has 0 saturated heterocycles. The summed E-state index contributed by atoms with van der Waals surface area (Å²) < 4.78 is 1.82. The summed E-state index contributed by atoms with van der Waals surface area (Å²) in [6.45, 7) is 0. The maximum absolute atomic E-state index is 12.1. The Bertz CT molecular complexity index is 663. The van der Waals surface area contributed by atoms with Crippen molar-refractivity contribution in [2.45, 2.75) is 0 Å². The second kappa shape index (κ2) is 7.14. The van der Waals surface area contributed by atoms with Crippen LogP contribution in [-0.2, 0) is 0 Å². The van der Waals surface area contributed by atoms with Crippen molar-refractivity contribution >= 4 is 67.4 Å². The first-order valence-electron chi connectivity index (χ1n) is 5.68. The average molecular weight is 461 g/mol. The third-order valence-corrected chi connectivity index (χ3v) is 4.07. The van der Waals surface area contributed by atoms with Crippen molar-refractivity contribution in [3.8, 4) is 0 Å². The van der Waals surface area contributed by atoms with Gasteiger partial charge in [-0.15, -0.1) is 0 Å². The van der Waals surface area contributed by atoms with Gasteiger partial charge in [0.1, 0.15) is 0 Å². The second-order valence-electron chi connectivity index (χ2n) is 3.90. The third kappa shape index (κ3) is 4.26. The van der Waals surface area contributed by atoms with E-state index in [1.165, 1.54) is 0 Å². The molecule has 0 aliphatic heterocycles. The lowest BCUT2D eigenvalue weighted by atomic mass is 10.2. The molecule has 0 atom stereocenters. The molecular weight excluding hydrogens is 451 g/mol. The molecule has 0 radical (unpaired) electrons. The van der Waals surface area contributed by atoms with E-state index >= 15 is 0 Å². The quantitative estimate of drug-likeness (QED) is 0.521. The molecular formula is C14H10BrIN2OS. The van der Waals surface area contributed by atoms with Crippen LogP contribution >= 0.6 is 50.7 Å². The summed E-state index contributed by atoms with van der Waals surface area (Å²) in [5.74, 6) is -0.220. The van der Waals surface area contributed by atoms with E-state index in [9.17, 15) is 4.79 Å². The molecule has 2 N–H and O–H groups in total. The van der Waals surface area contributed by atoms with Crippen molar-refractivity contribution in [2.24, 2.45) is 0 Å². The molecule has 0 heterocycles. The Kier molecular flexibility index (Phi) is 5.50. The molecule has 102 valence electrons. The van der Waals surface area contributed by atoms with E-state index in [1.807, 2.05) is 42.5 Å². The van der Waals surface area contributed by atoms with E-state index in [0.717, 1.165) is 13.7 Å². The standard InChI is InChI=1S/C14H10BrIN2OS/c15-9-4-3-5-10(8-9)17-14(20)18-13(19)11-6-1-2-7-12(11)16/h1-8H,(H2,17,18,19,20). The zero-order chi connectivity index (χ0) is 14.5. The number of rotatable bonds is 2. The number of amides is 1. The molecule has 1 amide bonds. The molecule has 0 spiro atoms. The van der Waals surface area contributed by atoms with Gasteiger partial charge in [0.15, 0.2) is 5.11 Å². The zero-order valence-corrected chi connectivity index (χ0v) is 14.8. The molecule has 3 nitrogen and oxygen atoms in total. The van der Waals surface area contributed by atoms with Crippen LogP contribution in [0.4, 0.5) is 5.69 Å². The highest BCUT2D eigenvalue weighted by Crippen LogP contribution is 2.15. The van der Waals surface area contributed by atoms with Crippen LogP contribution in [0, 0.1) is 3.57 Å². The minimum Gasteiger partial charge on any atom is -0.332 e. The highest BCUT2D eigenvalue weighted by molar-refractivity contribution is 14.1. The van der Waals surface area contributed by atoms with Crippen LogP contribution in [-0.4, -0.2) is 11.0 Å². The minimum atomic E-state index is -0.220. The Balaban J connectivity index is 2.02. The fourth-order valence-corrected chi connectivity index (χ4v) is 2.79. The lowest BCUT2D eigenvalue weighted by molar-refractivity contribution is 0.0977. The predicted octanol–water partition coefficient (Wildman–Crippen LogP) is 4.18. The highest BCUT2D eigenvalue weighted by atomic mass is 127. The van der Waals surface area contributed by atoms with E-state index in [2.05, 4.69) is 49.2 Å². The van der Waals surface area contributed by atoms with Gasteiger partial charge in [0.2, 0.25) is 0 Å². The van der Waals surface area contributed by atoms with Crippen LogP contribution in [0.25, 0.3) is 0 Å². The third-order valence-electron chi connectivity index (χ3n) is 2.43. The van der Waals surface area contributed by atoms with Gasteiger partial charge in [-0.05, 0) is 65.1 Å². The number of carbonyl (C=O) groups excluding carboxylic acids is 1. The fraction of sp³-hybridized carbons (Fsp3) is 0. The lowest BCUT2D eigenvalue weighted by Gasteiger charge is -2.10. The van der Waals surface area contributed by atoms with Crippen LogP contribution < -0.4 is 10.6 Å². The van der Waals surface area contributed by atoms with Crippen LogP contribution in [0.5, 0.6) is 0 Å². The Morgan fingerprint density at radius 3 is 2.60 bits per heavy atom. The summed E-state index contributed by atoms with van der Waals surface area (Å²) in [4.78, 5) is 12.1. The van der Waals surface area contributed by atoms with Gasteiger partial charge >= 0.3 is 0 Å². The number of nitrogens with one attached hydrogen (secondary N) is 2. The van der Waals surface area contributed by atoms with Crippen molar-refractivity contribution in [1.29, 1.82) is 0 Å². The van der Waals surface area contributed by atoms with Crippen molar-refractivity contribution in [2.75, 3.05) is 5.32 Å². The van der Waals surface area contributed by atoms with E-state index in [1.54, 1.807) is 6.07 Å². The number of benzene rings is 2. The van der Waals surface area contributed by atoms with Gasteiger partial charge in [-0.3, -0.25) is 10.1 Å². The summed E-state index contributed by atoms with van der Waals surface area (Å²) in [6, 6.07) is 14.9. The monoisotopic (exact) mass is 460 g/mol. The molecule has 20 heavy (non-hydrogen) atoms. The Labute approximate surface area is 144 Å². The second-order valence-corrected chi connectivity index (χ2v) is 6.38. The van der Waals surface area contributed by atoms with Gasteiger partial charge < -0.3 is 5.32 Å². The number of halogens is 2.